The van der Waals surface area contributed by atoms with E-state index in [2.05, 4.69) is 38.7 Å². The molecule has 2 atom stereocenters. The fourth-order valence-corrected chi connectivity index (χ4v) is 3.78. The van der Waals surface area contributed by atoms with Crippen LogP contribution in [0.5, 0.6) is 0 Å². The Morgan fingerprint density at radius 1 is 1.56 bits per heavy atom. The van der Waals surface area contributed by atoms with E-state index in [0.717, 1.165) is 6.54 Å². The van der Waals surface area contributed by atoms with E-state index in [-0.39, 0.29) is 0 Å². The zero-order chi connectivity index (χ0) is 13.3. The van der Waals surface area contributed by atoms with Crippen LogP contribution >= 0.6 is 0 Å². The number of hydrogen-bond donors (Lipinski definition) is 1. The maximum Gasteiger partial charge on any atom is 0.0165 e. The Hall–Kier alpha value is -0.820. The van der Waals surface area contributed by atoms with Gasteiger partial charge in [0.1, 0.15) is 0 Å². The summed E-state index contributed by atoms with van der Waals surface area (Å²) in [6.45, 7) is 12.1. The summed E-state index contributed by atoms with van der Waals surface area (Å²) in [7, 11) is 2.04. The Morgan fingerprint density at radius 2 is 2.28 bits per heavy atom. The minimum atomic E-state index is 0.414. The largest absolute Gasteiger partial charge is 0.316 e. The smallest absolute Gasteiger partial charge is 0.0165 e. The van der Waals surface area contributed by atoms with E-state index in [1.54, 1.807) is 11.1 Å². The van der Waals surface area contributed by atoms with E-state index in [1.165, 1.54) is 36.8 Å². The lowest BCUT2D eigenvalue weighted by Gasteiger charge is -2.44. The molecule has 1 heteroatoms. The average molecular weight is 245 g/mol. The Bertz CT molecular complexity index is 413. The summed E-state index contributed by atoms with van der Waals surface area (Å²) >= 11 is 0. The summed E-state index contributed by atoms with van der Waals surface area (Å²) in [5, 5.41) is 3.29. The second-order valence-electron chi connectivity index (χ2n) is 6.52. The molecule has 0 saturated heterocycles. The molecular formula is C17H27N. The van der Waals surface area contributed by atoms with Crippen molar-refractivity contribution in [3.05, 3.63) is 34.9 Å². The van der Waals surface area contributed by atoms with Gasteiger partial charge in [0.25, 0.3) is 0 Å². The first-order valence-corrected chi connectivity index (χ1v) is 7.16. The molecule has 1 N–H and O–H groups in total. The molecule has 18 heavy (non-hydrogen) atoms. The molecule has 1 fully saturated rings. The van der Waals surface area contributed by atoms with Crippen molar-refractivity contribution in [2.75, 3.05) is 13.6 Å². The Labute approximate surface area is 112 Å². The van der Waals surface area contributed by atoms with Gasteiger partial charge in [-0.05, 0) is 57.9 Å². The third-order valence-corrected chi connectivity index (χ3v) is 4.84. The second kappa shape index (κ2) is 5.05. The highest BCUT2D eigenvalue weighted by atomic mass is 14.8. The van der Waals surface area contributed by atoms with Gasteiger partial charge >= 0.3 is 0 Å². The molecule has 0 aliphatic heterocycles. The fraction of sp³-hybridized carbons (Fsp3) is 0.647. The van der Waals surface area contributed by atoms with Gasteiger partial charge < -0.3 is 5.32 Å². The third-order valence-electron chi connectivity index (χ3n) is 4.84. The van der Waals surface area contributed by atoms with Gasteiger partial charge in [-0.3, -0.25) is 0 Å². The molecule has 0 heterocycles. The summed E-state index contributed by atoms with van der Waals surface area (Å²) in [5.41, 5.74) is 6.55. The molecule has 0 bridgehead atoms. The highest BCUT2D eigenvalue weighted by Gasteiger charge is 2.38. The zero-order valence-electron chi connectivity index (χ0n) is 12.4. The number of fused-ring (bicyclic) bond motifs is 1. The lowest BCUT2D eigenvalue weighted by atomic mass is 9.61. The highest BCUT2D eigenvalue weighted by molar-refractivity contribution is 5.39. The highest BCUT2D eigenvalue weighted by Crippen LogP contribution is 2.51. The zero-order valence-corrected chi connectivity index (χ0v) is 12.4. The van der Waals surface area contributed by atoms with Crippen LogP contribution in [0.1, 0.15) is 46.5 Å². The minimum absolute atomic E-state index is 0.414. The third kappa shape index (κ3) is 2.47. The first-order valence-electron chi connectivity index (χ1n) is 7.16. The van der Waals surface area contributed by atoms with Crippen LogP contribution in [-0.4, -0.2) is 13.6 Å². The quantitative estimate of drug-likeness (QED) is 0.734. The summed E-state index contributed by atoms with van der Waals surface area (Å²) in [4.78, 5) is 0. The molecule has 0 amide bonds. The van der Waals surface area contributed by atoms with Crippen molar-refractivity contribution in [2.45, 2.75) is 46.5 Å². The van der Waals surface area contributed by atoms with Crippen molar-refractivity contribution in [3.63, 3.8) is 0 Å². The number of likely N-dealkylation sites (N-methyl/N-ethyl adjacent to an activating group) is 1. The SMILES string of the molecule is C=C(C)C1CCC2(C)CC(CNC)=CC(C)=C2C1. The van der Waals surface area contributed by atoms with Crippen molar-refractivity contribution in [1.29, 1.82) is 0 Å². The van der Waals surface area contributed by atoms with Crippen molar-refractivity contribution < 1.29 is 0 Å². The van der Waals surface area contributed by atoms with Gasteiger partial charge in [0.15, 0.2) is 0 Å². The Balaban J connectivity index is 2.28. The summed E-state index contributed by atoms with van der Waals surface area (Å²) in [5.74, 6) is 0.710. The van der Waals surface area contributed by atoms with Gasteiger partial charge in [-0.25, -0.2) is 0 Å². The number of rotatable bonds is 3. The van der Waals surface area contributed by atoms with E-state index < -0.39 is 0 Å². The molecule has 0 radical (unpaired) electrons. The molecule has 1 nitrogen and oxygen atoms in total. The molecule has 2 unspecified atom stereocenters. The van der Waals surface area contributed by atoms with Gasteiger partial charge in [0.2, 0.25) is 0 Å². The topological polar surface area (TPSA) is 12.0 Å². The van der Waals surface area contributed by atoms with Crippen LogP contribution < -0.4 is 5.32 Å². The molecule has 0 aromatic carbocycles. The minimum Gasteiger partial charge on any atom is -0.316 e. The molecule has 0 aromatic heterocycles. The Morgan fingerprint density at radius 3 is 2.89 bits per heavy atom. The van der Waals surface area contributed by atoms with Gasteiger partial charge in [-0.1, -0.05) is 41.9 Å². The van der Waals surface area contributed by atoms with Crippen molar-refractivity contribution in [1.82, 2.24) is 5.32 Å². The van der Waals surface area contributed by atoms with Crippen molar-refractivity contribution in [2.24, 2.45) is 11.3 Å². The van der Waals surface area contributed by atoms with Crippen LogP contribution in [0, 0.1) is 11.3 Å². The van der Waals surface area contributed by atoms with E-state index in [1.807, 2.05) is 7.05 Å². The first-order chi connectivity index (χ1) is 8.46. The fourth-order valence-electron chi connectivity index (χ4n) is 3.78. The molecule has 0 spiro atoms. The first kappa shape index (κ1) is 13.6. The Kier molecular flexibility index (Phi) is 3.82. The molecular weight excluding hydrogens is 218 g/mol. The molecule has 2 rings (SSSR count). The molecule has 0 aromatic rings. The number of hydrogen-bond acceptors (Lipinski definition) is 1. The molecule has 1 saturated carbocycles. The van der Waals surface area contributed by atoms with Crippen LogP contribution in [0.3, 0.4) is 0 Å². The van der Waals surface area contributed by atoms with Gasteiger partial charge in [-0.2, -0.15) is 0 Å². The van der Waals surface area contributed by atoms with Crippen LogP contribution in [0.25, 0.3) is 0 Å². The normalized spacial score (nSPS) is 32.0. The summed E-state index contributed by atoms with van der Waals surface area (Å²) in [6, 6.07) is 0. The van der Waals surface area contributed by atoms with Crippen LogP contribution in [0.2, 0.25) is 0 Å². The predicted molar refractivity (Wildman–Crippen MR) is 79.6 cm³/mol. The van der Waals surface area contributed by atoms with Gasteiger partial charge in [0.05, 0.1) is 0 Å². The lowest BCUT2D eigenvalue weighted by molar-refractivity contribution is 0.258. The van der Waals surface area contributed by atoms with Crippen LogP contribution in [-0.2, 0) is 0 Å². The standard InChI is InChI=1S/C17H27N/c1-12(2)15-6-7-17(4)10-14(11-18-5)8-13(3)16(17)9-15/h8,15,18H,1,6-7,9-11H2,2-5H3. The monoisotopic (exact) mass is 245 g/mol. The average Bonchev–Trinajstić information content (AvgIpc) is 2.28. The van der Waals surface area contributed by atoms with Crippen molar-refractivity contribution >= 4 is 0 Å². The van der Waals surface area contributed by atoms with E-state index >= 15 is 0 Å². The molecule has 100 valence electrons. The van der Waals surface area contributed by atoms with Crippen molar-refractivity contribution in [3.8, 4) is 0 Å². The number of nitrogens with one attached hydrogen (secondary N) is 1. The summed E-state index contributed by atoms with van der Waals surface area (Å²) in [6.07, 6.45) is 7.52. The van der Waals surface area contributed by atoms with E-state index in [0.29, 0.717) is 11.3 Å². The number of allylic oxidation sites excluding steroid dienone is 4. The maximum absolute atomic E-state index is 4.16. The van der Waals surface area contributed by atoms with Crippen LogP contribution in [0.15, 0.2) is 34.9 Å². The maximum atomic E-state index is 4.16. The van der Waals surface area contributed by atoms with Crippen LogP contribution in [0.4, 0.5) is 0 Å². The van der Waals surface area contributed by atoms with Gasteiger partial charge in [-0.15, -0.1) is 0 Å². The summed E-state index contributed by atoms with van der Waals surface area (Å²) < 4.78 is 0. The van der Waals surface area contributed by atoms with E-state index in [9.17, 15) is 0 Å². The molecule has 2 aliphatic rings. The van der Waals surface area contributed by atoms with Gasteiger partial charge in [0, 0.05) is 6.54 Å². The van der Waals surface area contributed by atoms with E-state index in [4.69, 9.17) is 0 Å². The second-order valence-corrected chi connectivity index (χ2v) is 6.52. The predicted octanol–water partition coefficient (Wildman–Crippen LogP) is 4.23. The lowest BCUT2D eigenvalue weighted by Crippen LogP contribution is -2.32. The molecule has 2 aliphatic carbocycles.